The summed E-state index contributed by atoms with van der Waals surface area (Å²) in [5.74, 6) is -0.585. The fraction of sp³-hybridized carbons (Fsp3) is 0.400. The van der Waals surface area contributed by atoms with Crippen LogP contribution in [0, 0.1) is 18.7 Å². The first kappa shape index (κ1) is 26.8. The van der Waals surface area contributed by atoms with Gasteiger partial charge in [0.25, 0.3) is 5.56 Å². The van der Waals surface area contributed by atoms with Crippen LogP contribution in [0.4, 0.5) is 4.39 Å². The van der Waals surface area contributed by atoms with Gasteiger partial charge in [0.1, 0.15) is 11.9 Å². The summed E-state index contributed by atoms with van der Waals surface area (Å²) >= 11 is 3.63. The lowest BCUT2D eigenvalue weighted by Gasteiger charge is -2.36. The van der Waals surface area contributed by atoms with Crippen LogP contribution in [0.5, 0.6) is 0 Å². The Morgan fingerprint density at radius 1 is 1.21 bits per heavy atom. The number of nitrogens with zero attached hydrogens (tertiary/aromatic N) is 2. The van der Waals surface area contributed by atoms with Crippen molar-refractivity contribution in [2.24, 2.45) is 13.0 Å². The van der Waals surface area contributed by atoms with Crippen LogP contribution in [0.2, 0.25) is 0 Å². The molecule has 200 valence electrons. The van der Waals surface area contributed by atoms with Gasteiger partial charge in [-0.05, 0) is 90.7 Å². The molecule has 2 unspecified atom stereocenters. The highest BCUT2D eigenvalue weighted by Gasteiger charge is 2.40. The molecular weight excluding hydrogens is 549 g/mol. The second-order valence-corrected chi connectivity index (χ2v) is 11.4. The first-order valence-electron chi connectivity index (χ1n) is 13.1. The first-order valence-corrected chi connectivity index (χ1v) is 13.9. The minimum Gasteiger partial charge on any atom is -0.384 e. The van der Waals surface area contributed by atoms with E-state index < -0.39 is 11.9 Å². The summed E-state index contributed by atoms with van der Waals surface area (Å²) in [6.07, 6.45) is 3.51. The van der Waals surface area contributed by atoms with Crippen molar-refractivity contribution >= 4 is 21.8 Å². The van der Waals surface area contributed by atoms with Gasteiger partial charge in [0.2, 0.25) is 5.91 Å². The first-order chi connectivity index (χ1) is 18.2. The number of pyridine rings is 1. The molecule has 8 heteroatoms. The van der Waals surface area contributed by atoms with Crippen molar-refractivity contribution in [3.05, 3.63) is 103 Å². The van der Waals surface area contributed by atoms with Crippen LogP contribution in [0.15, 0.2) is 64.0 Å². The SMILES string of the molecule is Cc1c(Br)cc(CN(C(=O)[C@H]2CNCCC2c2ccn(C)c(=O)c2)C2CC2)cc1C(O)c1cccc(F)c1. The molecule has 2 heterocycles. The van der Waals surface area contributed by atoms with Gasteiger partial charge < -0.3 is 19.9 Å². The summed E-state index contributed by atoms with van der Waals surface area (Å²) in [5.41, 5.74) is 3.79. The molecule has 0 bridgehead atoms. The van der Waals surface area contributed by atoms with E-state index >= 15 is 0 Å². The summed E-state index contributed by atoms with van der Waals surface area (Å²) in [5, 5.41) is 14.5. The molecule has 38 heavy (non-hydrogen) atoms. The Kier molecular flexibility index (Phi) is 7.84. The smallest absolute Gasteiger partial charge is 0.250 e. The number of hydrogen-bond donors (Lipinski definition) is 2. The lowest BCUT2D eigenvalue weighted by Crippen LogP contribution is -2.47. The average Bonchev–Trinajstić information content (AvgIpc) is 3.75. The number of halogens is 2. The van der Waals surface area contributed by atoms with Gasteiger partial charge in [-0.3, -0.25) is 9.59 Å². The van der Waals surface area contributed by atoms with Crippen LogP contribution < -0.4 is 10.9 Å². The fourth-order valence-electron chi connectivity index (χ4n) is 5.48. The van der Waals surface area contributed by atoms with Gasteiger partial charge >= 0.3 is 0 Å². The summed E-state index contributed by atoms with van der Waals surface area (Å²) in [7, 11) is 1.73. The Morgan fingerprint density at radius 3 is 2.71 bits per heavy atom. The van der Waals surface area contributed by atoms with Gasteiger partial charge in [-0.2, -0.15) is 0 Å². The number of piperidine rings is 1. The van der Waals surface area contributed by atoms with E-state index in [9.17, 15) is 19.1 Å². The van der Waals surface area contributed by atoms with Crippen molar-refractivity contribution in [1.29, 1.82) is 0 Å². The zero-order valence-corrected chi connectivity index (χ0v) is 23.2. The molecule has 2 fully saturated rings. The number of amides is 1. The second-order valence-electron chi connectivity index (χ2n) is 10.6. The van der Waals surface area contributed by atoms with Gasteiger partial charge in [0.15, 0.2) is 0 Å². The van der Waals surface area contributed by atoms with Crippen LogP contribution >= 0.6 is 15.9 Å². The molecule has 1 aromatic heterocycles. The number of nitrogens with one attached hydrogen (secondary N) is 1. The molecule has 6 nitrogen and oxygen atoms in total. The maximum atomic E-state index is 14.0. The second kappa shape index (κ2) is 11.1. The van der Waals surface area contributed by atoms with Gasteiger partial charge in [-0.1, -0.05) is 34.1 Å². The van der Waals surface area contributed by atoms with E-state index in [0.29, 0.717) is 24.2 Å². The Morgan fingerprint density at radius 2 is 2.00 bits per heavy atom. The molecule has 1 aliphatic heterocycles. The van der Waals surface area contributed by atoms with Crippen molar-refractivity contribution in [2.75, 3.05) is 13.1 Å². The van der Waals surface area contributed by atoms with E-state index in [1.54, 1.807) is 36.0 Å². The van der Waals surface area contributed by atoms with Crippen LogP contribution in [-0.2, 0) is 18.4 Å². The predicted octanol–water partition coefficient (Wildman–Crippen LogP) is 4.56. The molecule has 1 saturated heterocycles. The zero-order valence-electron chi connectivity index (χ0n) is 21.7. The summed E-state index contributed by atoms with van der Waals surface area (Å²) < 4.78 is 16.2. The van der Waals surface area contributed by atoms with E-state index in [1.165, 1.54) is 12.1 Å². The highest BCUT2D eigenvalue weighted by Crippen LogP contribution is 2.37. The third-order valence-corrected chi connectivity index (χ3v) is 8.71. The number of carbonyl (C=O) groups is 1. The van der Waals surface area contributed by atoms with Crippen LogP contribution in [0.3, 0.4) is 0 Å². The Hall–Kier alpha value is -2.81. The number of benzene rings is 2. The number of rotatable bonds is 7. The zero-order chi connectivity index (χ0) is 27.0. The number of aryl methyl sites for hydroxylation is 1. The third-order valence-electron chi connectivity index (χ3n) is 7.88. The average molecular weight is 583 g/mol. The van der Waals surface area contributed by atoms with E-state index in [-0.39, 0.29) is 29.3 Å². The number of aliphatic hydroxyl groups excluding tert-OH is 1. The molecule has 1 amide bonds. The monoisotopic (exact) mass is 581 g/mol. The minimum absolute atomic E-state index is 0.0194. The lowest BCUT2D eigenvalue weighted by atomic mass is 9.80. The Labute approximate surface area is 230 Å². The van der Waals surface area contributed by atoms with Crippen LogP contribution in [0.25, 0.3) is 0 Å². The molecule has 2 N–H and O–H groups in total. The minimum atomic E-state index is -0.986. The molecular formula is C30H33BrFN3O3. The van der Waals surface area contributed by atoms with Crippen molar-refractivity contribution in [2.45, 2.75) is 50.8 Å². The Bertz CT molecular complexity index is 1400. The largest absolute Gasteiger partial charge is 0.384 e. The van der Waals surface area contributed by atoms with Gasteiger partial charge in [0.05, 0.1) is 5.92 Å². The molecule has 3 atom stereocenters. The number of aliphatic hydroxyl groups is 1. The normalized spacial score (nSPS) is 20.2. The predicted molar refractivity (Wildman–Crippen MR) is 148 cm³/mol. The van der Waals surface area contributed by atoms with Gasteiger partial charge in [0, 0.05) is 42.9 Å². The highest BCUT2D eigenvalue weighted by atomic mass is 79.9. The summed E-state index contributed by atoms with van der Waals surface area (Å²) in [6.45, 7) is 3.71. The number of hydrogen-bond acceptors (Lipinski definition) is 4. The van der Waals surface area contributed by atoms with Crippen molar-refractivity contribution in [1.82, 2.24) is 14.8 Å². The number of aromatic nitrogens is 1. The molecule has 1 saturated carbocycles. The molecule has 2 aliphatic rings. The molecule has 1 aliphatic carbocycles. The Balaban J connectivity index is 1.43. The van der Waals surface area contributed by atoms with E-state index in [1.807, 2.05) is 30.0 Å². The molecule has 3 aromatic rings. The van der Waals surface area contributed by atoms with Crippen molar-refractivity contribution in [3.63, 3.8) is 0 Å². The van der Waals surface area contributed by atoms with Gasteiger partial charge in [-0.25, -0.2) is 4.39 Å². The van der Waals surface area contributed by atoms with E-state index in [2.05, 4.69) is 21.2 Å². The van der Waals surface area contributed by atoms with Crippen molar-refractivity contribution < 1.29 is 14.3 Å². The fourth-order valence-corrected chi connectivity index (χ4v) is 6.01. The van der Waals surface area contributed by atoms with E-state index in [4.69, 9.17) is 0 Å². The summed E-state index contributed by atoms with van der Waals surface area (Å²) in [6, 6.07) is 13.7. The van der Waals surface area contributed by atoms with Crippen molar-refractivity contribution in [3.8, 4) is 0 Å². The lowest BCUT2D eigenvalue weighted by molar-refractivity contribution is -0.138. The third kappa shape index (κ3) is 5.63. The molecule has 5 rings (SSSR count). The topological polar surface area (TPSA) is 74.6 Å². The number of carbonyl (C=O) groups excluding carboxylic acids is 1. The quantitative estimate of drug-likeness (QED) is 0.429. The maximum absolute atomic E-state index is 14.0. The molecule has 2 aromatic carbocycles. The summed E-state index contributed by atoms with van der Waals surface area (Å²) in [4.78, 5) is 28.3. The highest BCUT2D eigenvalue weighted by molar-refractivity contribution is 9.10. The standard InChI is InChI=1S/C30H33BrFN3O3/c1-18-25(29(37)21-4-3-5-22(32)14-21)12-19(13-27(18)31)17-35(23-6-7-23)30(38)26-16-33-10-8-24(26)20-9-11-34(2)28(36)15-20/h3-5,9,11-15,23-24,26,29,33,37H,6-8,10,16-17H2,1-2H3/t24?,26-,29?/m0/s1. The van der Waals surface area contributed by atoms with Gasteiger partial charge in [-0.15, -0.1) is 0 Å². The van der Waals surface area contributed by atoms with E-state index in [0.717, 1.165) is 47.0 Å². The van der Waals surface area contributed by atoms with Crippen LogP contribution in [-0.4, -0.2) is 39.6 Å². The molecule has 0 radical (unpaired) electrons. The van der Waals surface area contributed by atoms with Crippen LogP contribution in [0.1, 0.15) is 59.1 Å². The molecule has 0 spiro atoms. The maximum Gasteiger partial charge on any atom is 0.250 e.